The molecule has 2 aromatic heterocycles. The van der Waals surface area contributed by atoms with Crippen molar-refractivity contribution in [2.24, 2.45) is 0 Å². The van der Waals surface area contributed by atoms with Gasteiger partial charge in [0.1, 0.15) is 46.1 Å². The Morgan fingerprint density at radius 1 is 1.04 bits per heavy atom. The second-order valence-corrected chi connectivity index (χ2v) is 13.1. The molecule has 12 nitrogen and oxygen atoms in total. The summed E-state index contributed by atoms with van der Waals surface area (Å²) >= 11 is 13.1. The summed E-state index contributed by atoms with van der Waals surface area (Å²) in [5.74, 6) is -4.81. The summed E-state index contributed by atoms with van der Waals surface area (Å²) in [6, 6.07) is -15.6. The molecule has 0 spiro atoms. The van der Waals surface area contributed by atoms with E-state index in [1.807, 2.05) is 0 Å². The zero-order valence-corrected chi connectivity index (χ0v) is 33.0. The lowest BCUT2D eigenvalue weighted by molar-refractivity contribution is -0.197. The Bertz CT molecular complexity index is 3650. The number of aromatic nitrogens is 6. The Labute approximate surface area is 387 Å². The molecule has 4 heterocycles. The van der Waals surface area contributed by atoms with Gasteiger partial charge in [-0.3, -0.25) is 0 Å². The fourth-order valence-electron chi connectivity index (χ4n) is 5.60. The Hall–Kier alpha value is -4.36. The molecule has 5 atom stereocenters. The molecule has 57 heavy (non-hydrogen) atoms. The van der Waals surface area contributed by atoms with Crippen LogP contribution in [-0.4, -0.2) is 73.3 Å². The highest BCUT2D eigenvalue weighted by Gasteiger charge is 2.50. The number of ether oxygens (including phenoxy) is 3. The number of rotatable bonds is 12. The monoisotopic (exact) mass is 847 g/mol. The van der Waals surface area contributed by atoms with E-state index in [9.17, 15) is 26.7 Å². The highest BCUT2D eigenvalue weighted by atomic mass is 35.5. The van der Waals surface area contributed by atoms with E-state index in [1.54, 1.807) is 0 Å². The van der Waals surface area contributed by atoms with E-state index in [2.05, 4.69) is 15.2 Å². The minimum Gasteiger partial charge on any atom is -0.490 e. The molecule has 2 aliphatic rings. The van der Waals surface area contributed by atoms with Gasteiger partial charge in [-0.25, -0.2) is 23.7 Å². The van der Waals surface area contributed by atoms with Crippen LogP contribution in [0.1, 0.15) is 121 Å². The molecule has 0 bridgehead atoms. The second kappa shape index (κ2) is 16.5. The first-order valence-corrected chi connectivity index (χ1v) is 17.5. The molecule has 7 rings (SSSR count). The fraction of sp³-hybridized carbons (Fsp3) is 0.488. The van der Waals surface area contributed by atoms with Gasteiger partial charge < -0.3 is 24.0 Å². The summed E-state index contributed by atoms with van der Waals surface area (Å²) in [6.07, 6.45) is -16.3. The van der Waals surface area contributed by atoms with E-state index in [1.165, 1.54) is 20.8 Å². The van der Waals surface area contributed by atoms with Crippen molar-refractivity contribution < 1.29 is 55.3 Å². The average molecular weight is 848 g/mol. The zero-order chi connectivity index (χ0) is 67.3. The molecular formula is C43H54Cl2N8O4. The predicted molar refractivity (Wildman–Crippen MR) is 226 cm³/mol. The van der Waals surface area contributed by atoms with E-state index in [0.717, 1.165) is 20.8 Å². The van der Waals surface area contributed by atoms with Gasteiger partial charge in [0.2, 0.25) is 5.79 Å². The molecule has 0 saturated carbocycles. The number of benzene rings is 3. The molecule has 0 N–H and O–H groups in total. The summed E-state index contributed by atoms with van der Waals surface area (Å²) in [6.45, 7) is -15.4. The van der Waals surface area contributed by atoms with Crippen LogP contribution >= 0.6 is 23.2 Å². The largest absolute Gasteiger partial charge is 0.490 e. The van der Waals surface area contributed by atoms with Crippen LogP contribution in [0.15, 0.2) is 59.7 Å². The smallest absolute Gasteiger partial charge is 0.350 e. The SMILES string of the molecule is [2H]c1nc(C)n(C([2H])([2H])[C@@]2(c3c(C)c(C)c(Cl)c([2H])c3Cl)OC([2H])(C)[C@@]([2H])(C([2H])([2H])Oc3c([2H])c([2H])c(N4C([2H])([2H])C([2H])([2H])N(c5c([2H])c([2H])c(-n6c([2H])nn(C([2H])(C([2H])([2H])C)C([2H])([2H])C([2H])([2H])[2H])c6=O)c([2H])c5C)C([2H])([2H])C4([2H])C)c([2H])c3C)O2)n1. The molecule has 304 valence electrons. The van der Waals surface area contributed by atoms with Crippen molar-refractivity contribution in [3.63, 3.8) is 0 Å². The van der Waals surface area contributed by atoms with Crippen LogP contribution < -0.4 is 20.2 Å². The number of hydrogen-bond acceptors (Lipinski definition) is 9. The topological polar surface area (TPSA) is 105 Å². The van der Waals surface area contributed by atoms with Crippen molar-refractivity contribution in [2.75, 3.05) is 35.8 Å². The Morgan fingerprint density at radius 3 is 2.54 bits per heavy atom. The van der Waals surface area contributed by atoms with Crippen LogP contribution in [0.2, 0.25) is 10.0 Å². The standard InChI is InChI=1S/C43H54Cl2N8O4/c1-10-33(11-2)53-42(54)51(25-48-53)35-12-14-38(26(3)18-35)49-16-17-50(28(5)21-49)34-13-15-39(27(4)19-34)55-22-40-31(8)56-43(57-40,23-52-32(9)46-24-47-52)41-30(7)29(6)36(44)20-37(41)45/h12-15,18-20,24-25,28,31,33,40H,10-11,16-17,21-23H2,1-9H3/t28?,31?,40-,43-/m1/s1/i1D3,10D2,11D2,12D,13D,14D,15D,16D2,17D2,18D,19D,20D,21D2,22D2,23D2,24D,25D,28D,31D,33D,40D/t28?,31?,33?,40-,43-. The summed E-state index contributed by atoms with van der Waals surface area (Å²) in [7, 11) is 0. The average Bonchev–Trinajstić information content (AvgIpc) is 1.62. The zero-order valence-electron chi connectivity index (χ0n) is 61.5. The summed E-state index contributed by atoms with van der Waals surface area (Å²) in [4.78, 5) is 17.8. The van der Waals surface area contributed by atoms with E-state index < -0.39 is 187 Å². The number of halogens is 2. The van der Waals surface area contributed by atoms with E-state index in [4.69, 9.17) is 56.6 Å². The molecular weight excluding hydrogens is 763 g/mol. The minimum atomic E-state index is -4.02. The van der Waals surface area contributed by atoms with Gasteiger partial charge in [-0.1, -0.05) is 37.0 Å². The molecule has 0 aliphatic carbocycles. The van der Waals surface area contributed by atoms with Gasteiger partial charge >= 0.3 is 5.69 Å². The fourth-order valence-corrected chi connectivity index (χ4v) is 6.25. The first-order chi connectivity index (χ1) is 38.8. The van der Waals surface area contributed by atoms with E-state index >= 15 is 0 Å². The van der Waals surface area contributed by atoms with Gasteiger partial charge in [-0.05, 0) is 126 Å². The molecule has 2 aliphatic heterocycles. The number of piperazine rings is 1. The Kier molecular flexibility index (Phi) is 5.17. The molecule has 0 amide bonds. The maximum atomic E-state index is 14.2. The van der Waals surface area contributed by atoms with Gasteiger partial charge in [-0.15, -0.1) is 0 Å². The quantitative estimate of drug-likeness (QED) is 0.123. The lowest BCUT2D eigenvalue weighted by Crippen LogP contribution is -2.52. The van der Waals surface area contributed by atoms with Crippen molar-refractivity contribution in [1.82, 2.24) is 29.1 Å². The molecule has 14 heteroatoms. The summed E-state index contributed by atoms with van der Waals surface area (Å²) in [5, 5.41) is 6.33. The third-order valence-corrected chi connectivity index (χ3v) is 9.36. The van der Waals surface area contributed by atoms with Crippen LogP contribution in [0.3, 0.4) is 0 Å². The third-order valence-electron chi connectivity index (χ3n) is 8.70. The molecule has 2 fully saturated rings. The van der Waals surface area contributed by atoms with Crippen molar-refractivity contribution >= 4 is 34.6 Å². The van der Waals surface area contributed by atoms with E-state index in [0.29, 0.717) is 18.5 Å². The second-order valence-electron chi connectivity index (χ2n) is 12.4. The van der Waals surface area contributed by atoms with Gasteiger partial charge in [0.25, 0.3) is 0 Å². The molecule has 3 unspecified atom stereocenters. The lowest BCUT2D eigenvalue weighted by Gasteiger charge is -2.43. The first kappa shape index (κ1) is 17.9. The highest BCUT2D eigenvalue weighted by Crippen LogP contribution is 2.46. The minimum absolute atomic E-state index is 0.00520. The van der Waals surface area contributed by atoms with Gasteiger partial charge in [-0.2, -0.15) is 10.2 Å². The van der Waals surface area contributed by atoms with Crippen molar-refractivity contribution in [3.05, 3.63) is 109 Å². The van der Waals surface area contributed by atoms with Crippen molar-refractivity contribution in [3.8, 4) is 11.4 Å². The van der Waals surface area contributed by atoms with Crippen LogP contribution in [0, 0.1) is 34.6 Å². The number of hydrogen-bond donors (Lipinski definition) is 0. The number of anilines is 2. The van der Waals surface area contributed by atoms with Crippen LogP contribution in [0.5, 0.6) is 5.75 Å². The van der Waals surface area contributed by atoms with Crippen molar-refractivity contribution in [1.29, 1.82) is 0 Å². The number of aryl methyl sites for hydroxylation is 1. The normalized spacial score (nSPS) is 37.6. The van der Waals surface area contributed by atoms with Crippen LogP contribution in [-0.2, 0) is 21.8 Å². The Balaban J connectivity index is 1.37. The predicted octanol–water partition coefficient (Wildman–Crippen LogP) is 8.29. The Morgan fingerprint density at radius 2 is 1.81 bits per heavy atom. The first-order valence-electron chi connectivity index (χ1n) is 31.8. The van der Waals surface area contributed by atoms with Gasteiger partial charge in [0.15, 0.2) is 0 Å². The maximum Gasteiger partial charge on any atom is 0.350 e. The molecule has 5 aromatic rings. The third kappa shape index (κ3) is 7.81. The highest BCUT2D eigenvalue weighted by molar-refractivity contribution is 6.35. The van der Waals surface area contributed by atoms with Crippen LogP contribution in [0.25, 0.3) is 5.69 Å². The van der Waals surface area contributed by atoms with Crippen molar-refractivity contribution in [2.45, 2.75) is 111 Å². The number of nitrogens with zero attached hydrogens (tertiary/aromatic N) is 8. The van der Waals surface area contributed by atoms with Gasteiger partial charge in [0, 0.05) is 57.1 Å². The lowest BCUT2D eigenvalue weighted by atomic mass is 9.96. The van der Waals surface area contributed by atoms with Gasteiger partial charge in [0.05, 0.1) is 51.6 Å². The molecule has 0 radical (unpaired) electrons. The summed E-state index contributed by atoms with van der Waals surface area (Å²) < 4.78 is 286. The van der Waals surface area contributed by atoms with E-state index in [-0.39, 0.29) is 41.0 Å². The summed E-state index contributed by atoms with van der Waals surface area (Å²) in [5.41, 5.74) is -7.55. The molecule has 2 saturated heterocycles. The van der Waals surface area contributed by atoms with Crippen LogP contribution in [0.4, 0.5) is 11.4 Å². The maximum absolute atomic E-state index is 14.2. The molecule has 3 aromatic carbocycles.